The van der Waals surface area contributed by atoms with Crippen molar-refractivity contribution >= 4 is 17.7 Å². The number of esters is 1. The summed E-state index contributed by atoms with van der Waals surface area (Å²) in [7, 11) is 2.74. The molecule has 2 aromatic rings. The van der Waals surface area contributed by atoms with Crippen LogP contribution in [0.15, 0.2) is 23.0 Å². The molecule has 1 aromatic heterocycles. The molecule has 2 N–H and O–H groups in total. The number of rotatable bonds is 6. The maximum atomic E-state index is 12.7. The summed E-state index contributed by atoms with van der Waals surface area (Å²) >= 11 is 0. The highest BCUT2D eigenvalue weighted by Gasteiger charge is 2.35. The summed E-state index contributed by atoms with van der Waals surface area (Å²) in [6.07, 6.45) is 0.0694. The number of fused-ring (bicyclic) bond motifs is 1. The van der Waals surface area contributed by atoms with Crippen LogP contribution >= 0.6 is 0 Å². The second-order valence-electron chi connectivity index (χ2n) is 6.72. The number of aromatic amines is 1. The molecule has 3 rings (SSSR count). The van der Waals surface area contributed by atoms with E-state index in [0.29, 0.717) is 28.4 Å². The smallest absolute Gasteiger partial charge is 0.343 e. The lowest BCUT2D eigenvalue weighted by Crippen LogP contribution is -2.27. The maximum absolute atomic E-state index is 12.7. The van der Waals surface area contributed by atoms with Crippen LogP contribution < -0.4 is 20.3 Å². The molecule has 1 aromatic carbocycles. The van der Waals surface area contributed by atoms with Gasteiger partial charge in [0.2, 0.25) is 5.91 Å². The number of ether oxygens (including phenoxy) is 3. The van der Waals surface area contributed by atoms with E-state index in [0.717, 1.165) is 0 Å². The molecule has 28 heavy (non-hydrogen) atoms. The van der Waals surface area contributed by atoms with E-state index in [1.807, 2.05) is 13.8 Å². The molecule has 0 saturated carbocycles. The molecule has 0 radical (unpaired) electrons. The molecular formula is C19H23N3O6. The van der Waals surface area contributed by atoms with Crippen molar-refractivity contribution in [2.75, 3.05) is 26.1 Å². The van der Waals surface area contributed by atoms with Crippen LogP contribution in [0.4, 0.5) is 5.82 Å². The Morgan fingerprint density at radius 1 is 1.29 bits per heavy atom. The molecular weight excluding hydrogens is 366 g/mol. The molecule has 0 fully saturated rings. The Bertz CT molecular complexity index is 959. The Balaban J connectivity index is 2.13. The lowest BCUT2D eigenvalue weighted by atomic mass is 9.86. The van der Waals surface area contributed by atoms with E-state index < -0.39 is 11.9 Å². The van der Waals surface area contributed by atoms with Gasteiger partial charge in [0.05, 0.1) is 19.8 Å². The molecule has 0 bridgehead atoms. The van der Waals surface area contributed by atoms with Crippen molar-refractivity contribution in [1.29, 1.82) is 0 Å². The van der Waals surface area contributed by atoms with E-state index in [-0.39, 0.29) is 30.5 Å². The highest BCUT2D eigenvalue weighted by molar-refractivity contribution is 5.94. The van der Waals surface area contributed by atoms with Crippen molar-refractivity contribution < 1.29 is 23.8 Å². The van der Waals surface area contributed by atoms with Crippen molar-refractivity contribution in [2.45, 2.75) is 32.2 Å². The third-order valence-corrected chi connectivity index (χ3v) is 4.64. The first-order valence-corrected chi connectivity index (χ1v) is 8.88. The molecule has 1 amide bonds. The molecule has 0 unspecified atom stereocenters. The normalized spacial score (nSPS) is 15.8. The van der Waals surface area contributed by atoms with Crippen LogP contribution in [0.1, 0.15) is 43.4 Å². The number of carbonyl (C=O) groups is 2. The molecule has 1 atom stereocenters. The van der Waals surface area contributed by atoms with Crippen LogP contribution in [0.25, 0.3) is 0 Å². The summed E-state index contributed by atoms with van der Waals surface area (Å²) in [6.45, 7) is 3.49. The molecule has 9 nitrogen and oxygen atoms in total. The number of H-pyrrole nitrogens is 1. The van der Waals surface area contributed by atoms with Crippen LogP contribution in [-0.4, -0.2) is 42.5 Å². The average Bonchev–Trinajstić information content (AvgIpc) is 3.01. The summed E-state index contributed by atoms with van der Waals surface area (Å²) in [5.74, 6) is -0.167. The van der Waals surface area contributed by atoms with Gasteiger partial charge in [0, 0.05) is 23.9 Å². The van der Waals surface area contributed by atoms with Crippen molar-refractivity contribution in [3.8, 4) is 11.5 Å². The minimum absolute atomic E-state index is 0.0455. The number of benzene rings is 1. The largest absolute Gasteiger partial charge is 0.493 e. The fourth-order valence-corrected chi connectivity index (χ4v) is 3.35. The topological polar surface area (TPSA) is 112 Å². The zero-order valence-corrected chi connectivity index (χ0v) is 16.2. The number of para-hydroxylation sites is 1. The lowest BCUT2D eigenvalue weighted by molar-refractivity contribution is -0.143. The second-order valence-corrected chi connectivity index (χ2v) is 6.72. The molecule has 9 heteroatoms. The standard InChI is InChI=1S/C19H23N3O6/c1-10(2)22-18-16(19(25)21-22)12(8-14(23)20-18)11-6-5-7-13(26-3)17(11)28-9-15(24)27-4/h5-7,10,12H,8-9H2,1-4H3,(H,20,23)(H,21,25)/t12-/m1/s1. The van der Waals surface area contributed by atoms with E-state index in [2.05, 4.69) is 15.2 Å². The van der Waals surface area contributed by atoms with Gasteiger partial charge in [0.15, 0.2) is 18.1 Å². The summed E-state index contributed by atoms with van der Waals surface area (Å²) in [6, 6.07) is 5.15. The average molecular weight is 389 g/mol. The lowest BCUT2D eigenvalue weighted by Gasteiger charge is -2.26. The first kappa shape index (κ1) is 19.5. The van der Waals surface area contributed by atoms with Gasteiger partial charge in [-0.05, 0) is 19.9 Å². The number of carbonyl (C=O) groups excluding carboxylic acids is 2. The zero-order chi connectivity index (χ0) is 20.4. The van der Waals surface area contributed by atoms with Crippen molar-refractivity contribution in [1.82, 2.24) is 9.78 Å². The number of amides is 1. The minimum atomic E-state index is -0.553. The first-order chi connectivity index (χ1) is 13.4. The van der Waals surface area contributed by atoms with Crippen LogP contribution in [0.3, 0.4) is 0 Å². The third-order valence-electron chi connectivity index (χ3n) is 4.64. The Kier molecular flexibility index (Phi) is 5.43. The Hall–Kier alpha value is -3.23. The van der Waals surface area contributed by atoms with Crippen LogP contribution in [0, 0.1) is 0 Å². The van der Waals surface area contributed by atoms with Crippen molar-refractivity contribution in [3.05, 3.63) is 39.7 Å². The molecule has 2 heterocycles. The predicted octanol–water partition coefficient (Wildman–Crippen LogP) is 1.79. The zero-order valence-electron chi connectivity index (χ0n) is 16.2. The Morgan fingerprint density at radius 3 is 2.68 bits per heavy atom. The summed E-state index contributed by atoms with van der Waals surface area (Å²) in [5, 5.41) is 5.57. The molecule has 0 aliphatic carbocycles. The van der Waals surface area contributed by atoms with Gasteiger partial charge >= 0.3 is 5.97 Å². The van der Waals surface area contributed by atoms with Gasteiger partial charge in [-0.1, -0.05) is 12.1 Å². The highest BCUT2D eigenvalue weighted by Crippen LogP contribution is 2.43. The highest BCUT2D eigenvalue weighted by atomic mass is 16.6. The number of methoxy groups -OCH3 is 2. The van der Waals surface area contributed by atoms with Crippen molar-refractivity contribution in [2.24, 2.45) is 0 Å². The molecule has 150 valence electrons. The van der Waals surface area contributed by atoms with Gasteiger partial charge in [-0.3, -0.25) is 19.4 Å². The third kappa shape index (κ3) is 3.47. The minimum Gasteiger partial charge on any atom is -0.493 e. The number of anilines is 1. The Morgan fingerprint density at radius 2 is 2.04 bits per heavy atom. The van der Waals surface area contributed by atoms with E-state index in [9.17, 15) is 14.4 Å². The van der Waals surface area contributed by atoms with Gasteiger partial charge in [0.25, 0.3) is 5.56 Å². The molecule has 0 spiro atoms. The van der Waals surface area contributed by atoms with E-state index in [1.54, 1.807) is 22.9 Å². The molecule has 1 aliphatic heterocycles. The van der Waals surface area contributed by atoms with Crippen LogP contribution in [-0.2, 0) is 14.3 Å². The second kappa shape index (κ2) is 7.79. The molecule has 0 saturated heterocycles. The van der Waals surface area contributed by atoms with Gasteiger partial charge in [-0.2, -0.15) is 0 Å². The number of hydrogen-bond acceptors (Lipinski definition) is 6. The van der Waals surface area contributed by atoms with Crippen LogP contribution in [0.2, 0.25) is 0 Å². The summed E-state index contributed by atoms with van der Waals surface area (Å²) < 4.78 is 17.3. The number of hydrogen-bond donors (Lipinski definition) is 2. The van der Waals surface area contributed by atoms with Crippen molar-refractivity contribution in [3.63, 3.8) is 0 Å². The molecule has 1 aliphatic rings. The Labute approximate surface area is 161 Å². The summed E-state index contributed by atoms with van der Waals surface area (Å²) in [5.41, 5.74) is 0.756. The van der Waals surface area contributed by atoms with Gasteiger partial charge in [-0.15, -0.1) is 0 Å². The van der Waals surface area contributed by atoms with E-state index >= 15 is 0 Å². The van der Waals surface area contributed by atoms with Gasteiger partial charge < -0.3 is 19.5 Å². The maximum Gasteiger partial charge on any atom is 0.343 e. The van der Waals surface area contributed by atoms with E-state index in [1.165, 1.54) is 14.2 Å². The van der Waals surface area contributed by atoms with Crippen LogP contribution in [0.5, 0.6) is 11.5 Å². The van der Waals surface area contributed by atoms with Gasteiger partial charge in [0.1, 0.15) is 5.82 Å². The SMILES string of the molecule is COC(=O)COc1c(OC)cccc1[C@H]1CC(=O)Nc2c1c(=O)[nH]n2C(C)C. The number of aromatic nitrogens is 2. The summed E-state index contributed by atoms with van der Waals surface area (Å²) in [4.78, 5) is 36.6. The predicted molar refractivity (Wildman–Crippen MR) is 101 cm³/mol. The number of nitrogens with zero attached hydrogens (tertiary/aromatic N) is 1. The van der Waals surface area contributed by atoms with E-state index in [4.69, 9.17) is 9.47 Å². The monoisotopic (exact) mass is 389 g/mol. The fourth-order valence-electron chi connectivity index (χ4n) is 3.35. The number of nitrogens with one attached hydrogen (secondary N) is 2. The first-order valence-electron chi connectivity index (χ1n) is 8.88. The quantitative estimate of drug-likeness (QED) is 0.729. The van der Waals surface area contributed by atoms with Gasteiger partial charge in [-0.25, -0.2) is 4.79 Å². The fraction of sp³-hybridized carbons (Fsp3) is 0.421.